The molecule has 1 N–H and O–H groups in total. The number of piperazine rings is 1. The van der Waals surface area contributed by atoms with Crippen LogP contribution in [-0.4, -0.2) is 43.5 Å². The summed E-state index contributed by atoms with van der Waals surface area (Å²) in [6.07, 6.45) is 0.305. The fourth-order valence-corrected chi connectivity index (χ4v) is 5.43. The summed E-state index contributed by atoms with van der Waals surface area (Å²) in [5.74, 6) is -0.977. The Hall–Kier alpha value is -3.04. The van der Waals surface area contributed by atoms with Crippen molar-refractivity contribution in [3.8, 4) is 0 Å². The quantitative estimate of drug-likeness (QED) is 0.745. The van der Waals surface area contributed by atoms with Crippen molar-refractivity contribution in [1.29, 1.82) is 0 Å². The number of sulfonamides is 1. The van der Waals surface area contributed by atoms with Crippen LogP contribution in [0.25, 0.3) is 0 Å². The van der Waals surface area contributed by atoms with Gasteiger partial charge in [-0.05, 0) is 42.3 Å². The molecule has 1 atom stereocenters. The first-order chi connectivity index (χ1) is 14.3. The van der Waals surface area contributed by atoms with Crippen molar-refractivity contribution in [3.63, 3.8) is 0 Å². The van der Waals surface area contributed by atoms with E-state index in [1.807, 2.05) is 19.1 Å². The van der Waals surface area contributed by atoms with Crippen molar-refractivity contribution in [2.45, 2.75) is 30.7 Å². The Balaban J connectivity index is 1.69. The van der Waals surface area contributed by atoms with Crippen LogP contribution in [0.1, 0.15) is 30.0 Å². The van der Waals surface area contributed by atoms with E-state index in [0.29, 0.717) is 11.3 Å². The molecule has 156 valence electrons. The monoisotopic (exact) mass is 427 g/mol. The normalized spacial score (nSPS) is 20.5. The molecule has 4 rings (SSSR count). The summed E-state index contributed by atoms with van der Waals surface area (Å²) < 4.78 is 28.0. The molecule has 2 aromatic carbocycles. The second kappa shape index (κ2) is 7.66. The van der Waals surface area contributed by atoms with Crippen LogP contribution in [0.4, 0.5) is 5.69 Å². The van der Waals surface area contributed by atoms with Crippen LogP contribution in [0.2, 0.25) is 0 Å². The first kappa shape index (κ1) is 20.2. The third kappa shape index (κ3) is 3.40. The minimum atomic E-state index is -3.99. The summed E-state index contributed by atoms with van der Waals surface area (Å²) in [5, 5.41) is 2.74. The molecule has 1 unspecified atom stereocenters. The molecule has 2 fully saturated rings. The molecule has 2 aliphatic rings. The highest BCUT2D eigenvalue weighted by atomic mass is 32.2. The van der Waals surface area contributed by atoms with E-state index in [-0.39, 0.29) is 48.5 Å². The highest BCUT2D eigenvalue weighted by Gasteiger charge is 2.40. The first-order valence-corrected chi connectivity index (χ1v) is 11.1. The lowest BCUT2D eigenvalue weighted by atomic mass is 9.99. The molecule has 2 saturated heterocycles. The van der Waals surface area contributed by atoms with Gasteiger partial charge in [0.25, 0.3) is 0 Å². The Morgan fingerprint density at radius 1 is 0.933 bits per heavy atom. The zero-order valence-electron chi connectivity index (χ0n) is 16.4. The van der Waals surface area contributed by atoms with Crippen molar-refractivity contribution < 1.29 is 22.8 Å². The molecule has 9 heteroatoms. The average molecular weight is 427 g/mol. The summed E-state index contributed by atoms with van der Waals surface area (Å²) in [4.78, 5) is 37.5. The Kier molecular flexibility index (Phi) is 5.17. The zero-order chi connectivity index (χ0) is 21.5. The molecule has 0 spiro atoms. The zero-order valence-corrected chi connectivity index (χ0v) is 17.2. The molecule has 0 bridgehead atoms. The summed E-state index contributed by atoms with van der Waals surface area (Å²) in [7, 11) is -3.99. The van der Waals surface area contributed by atoms with Crippen LogP contribution < -0.4 is 10.2 Å². The maximum Gasteiger partial charge on any atom is 0.244 e. The van der Waals surface area contributed by atoms with Gasteiger partial charge in [0, 0.05) is 25.9 Å². The number of imide groups is 1. The molecule has 0 aromatic heterocycles. The van der Waals surface area contributed by atoms with Gasteiger partial charge in [0.2, 0.25) is 27.7 Å². The van der Waals surface area contributed by atoms with E-state index in [2.05, 4.69) is 5.32 Å². The number of rotatable bonds is 4. The van der Waals surface area contributed by atoms with Gasteiger partial charge >= 0.3 is 0 Å². The van der Waals surface area contributed by atoms with Gasteiger partial charge in [-0.1, -0.05) is 24.3 Å². The number of hydrogen-bond donors (Lipinski definition) is 1. The van der Waals surface area contributed by atoms with Crippen LogP contribution >= 0.6 is 0 Å². The van der Waals surface area contributed by atoms with E-state index in [4.69, 9.17) is 0 Å². The van der Waals surface area contributed by atoms with Gasteiger partial charge < -0.3 is 5.32 Å². The molecular weight excluding hydrogens is 406 g/mol. The van der Waals surface area contributed by atoms with E-state index in [1.165, 1.54) is 28.6 Å². The number of carbonyl (C=O) groups excluding carboxylic acids is 3. The summed E-state index contributed by atoms with van der Waals surface area (Å²) in [6.45, 7) is 2.19. The smallest absolute Gasteiger partial charge is 0.244 e. The largest absolute Gasteiger partial charge is 0.353 e. The topological polar surface area (TPSA) is 104 Å². The summed E-state index contributed by atoms with van der Waals surface area (Å²) in [5.41, 5.74) is 1.79. The van der Waals surface area contributed by atoms with Gasteiger partial charge in [0.15, 0.2) is 0 Å². The summed E-state index contributed by atoms with van der Waals surface area (Å²) in [6, 6.07) is 11.8. The predicted molar refractivity (Wildman–Crippen MR) is 109 cm³/mol. The van der Waals surface area contributed by atoms with Crippen molar-refractivity contribution in [2.24, 2.45) is 0 Å². The lowest BCUT2D eigenvalue weighted by molar-refractivity contribution is -0.127. The van der Waals surface area contributed by atoms with Crippen LogP contribution in [-0.2, 0) is 24.4 Å². The highest BCUT2D eigenvalue weighted by Crippen LogP contribution is 2.32. The van der Waals surface area contributed by atoms with Crippen LogP contribution in [0.3, 0.4) is 0 Å². The van der Waals surface area contributed by atoms with E-state index in [9.17, 15) is 22.8 Å². The Morgan fingerprint density at radius 2 is 1.57 bits per heavy atom. The molecule has 2 aliphatic heterocycles. The number of aryl methyl sites for hydroxylation is 1. The fourth-order valence-electron chi connectivity index (χ4n) is 3.86. The average Bonchev–Trinajstić information content (AvgIpc) is 3.07. The minimum absolute atomic E-state index is 0.00127. The molecule has 30 heavy (non-hydrogen) atoms. The highest BCUT2D eigenvalue weighted by molar-refractivity contribution is 7.89. The van der Waals surface area contributed by atoms with E-state index in [0.717, 1.165) is 10.5 Å². The fraction of sp³-hybridized carbons (Fsp3) is 0.286. The second-order valence-electron chi connectivity index (χ2n) is 7.28. The number of hydrogen-bond acceptors (Lipinski definition) is 5. The second-order valence-corrected chi connectivity index (χ2v) is 9.17. The number of nitrogens with zero attached hydrogens (tertiary/aromatic N) is 2. The third-order valence-corrected chi connectivity index (χ3v) is 7.28. The summed E-state index contributed by atoms with van der Waals surface area (Å²) >= 11 is 0. The van der Waals surface area contributed by atoms with E-state index < -0.39 is 16.1 Å². The first-order valence-electron chi connectivity index (χ1n) is 9.61. The Morgan fingerprint density at radius 3 is 2.20 bits per heavy atom. The standard InChI is InChI=1S/C21H21N3O5S/c1-14-4-2-3-5-17(14)20-21(27)22-12-13-23(20)30(28,29)16-8-6-15(7-9-16)24-18(25)10-11-19(24)26/h2-9,20H,10-13H2,1H3,(H,22,27). The van der Waals surface area contributed by atoms with Crippen molar-refractivity contribution >= 4 is 33.4 Å². The SMILES string of the molecule is Cc1ccccc1C1C(=O)NCCN1S(=O)(=O)c1ccc(N2C(=O)CCC2=O)cc1. The van der Waals surface area contributed by atoms with Crippen molar-refractivity contribution in [1.82, 2.24) is 9.62 Å². The minimum Gasteiger partial charge on any atom is -0.353 e. The third-order valence-electron chi connectivity index (χ3n) is 5.40. The number of amides is 3. The molecular formula is C21H21N3O5S. The van der Waals surface area contributed by atoms with Gasteiger partial charge in [0.05, 0.1) is 10.6 Å². The lowest BCUT2D eigenvalue weighted by Crippen LogP contribution is -2.52. The molecule has 0 radical (unpaired) electrons. The number of anilines is 1. The molecule has 3 amide bonds. The number of carbonyl (C=O) groups is 3. The van der Waals surface area contributed by atoms with Gasteiger partial charge in [0.1, 0.15) is 6.04 Å². The van der Waals surface area contributed by atoms with Gasteiger partial charge in [-0.2, -0.15) is 4.31 Å². The molecule has 0 aliphatic carbocycles. The van der Waals surface area contributed by atoms with Crippen molar-refractivity contribution in [3.05, 3.63) is 59.7 Å². The van der Waals surface area contributed by atoms with Crippen LogP contribution in [0, 0.1) is 6.92 Å². The van der Waals surface area contributed by atoms with Crippen LogP contribution in [0.5, 0.6) is 0 Å². The molecule has 2 aromatic rings. The van der Waals surface area contributed by atoms with E-state index >= 15 is 0 Å². The van der Waals surface area contributed by atoms with Crippen molar-refractivity contribution in [2.75, 3.05) is 18.0 Å². The van der Waals surface area contributed by atoms with E-state index in [1.54, 1.807) is 12.1 Å². The van der Waals surface area contributed by atoms with Gasteiger partial charge in [-0.3, -0.25) is 19.3 Å². The molecule has 2 heterocycles. The number of nitrogens with one attached hydrogen (secondary N) is 1. The van der Waals surface area contributed by atoms with Gasteiger partial charge in [-0.15, -0.1) is 0 Å². The predicted octanol–water partition coefficient (Wildman–Crippen LogP) is 1.51. The molecule has 8 nitrogen and oxygen atoms in total. The van der Waals surface area contributed by atoms with Crippen LogP contribution in [0.15, 0.2) is 53.4 Å². The Bertz CT molecular complexity index is 1110. The maximum atomic E-state index is 13.4. The lowest BCUT2D eigenvalue weighted by Gasteiger charge is -2.35. The number of benzene rings is 2. The molecule has 0 saturated carbocycles. The maximum absolute atomic E-state index is 13.4. The van der Waals surface area contributed by atoms with Gasteiger partial charge in [-0.25, -0.2) is 8.42 Å². The Labute approximate surface area is 174 Å².